The van der Waals surface area contributed by atoms with Gasteiger partial charge in [0.2, 0.25) is 0 Å². The summed E-state index contributed by atoms with van der Waals surface area (Å²) in [6.07, 6.45) is 0. The number of halogens is 1. The number of nitrogens with zero attached hydrogens (tertiary/aromatic N) is 1. The normalized spacial score (nSPS) is 12.2. The highest BCUT2D eigenvalue weighted by molar-refractivity contribution is 9.10. The van der Waals surface area contributed by atoms with Crippen molar-refractivity contribution in [2.75, 3.05) is 7.11 Å². The summed E-state index contributed by atoms with van der Waals surface area (Å²) in [6.45, 7) is 4.13. The highest BCUT2D eigenvalue weighted by atomic mass is 79.9. The summed E-state index contributed by atoms with van der Waals surface area (Å²) in [6, 6.07) is 4.35. The molecular weight excluding hydrogens is 328 g/mol. The first-order valence-corrected chi connectivity index (χ1v) is 6.90. The molecule has 0 heterocycles. The Bertz CT molecular complexity index is 505. The van der Waals surface area contributed by atoms with E-state index in [0.717, 1.165) is 0 Å². The van der Waals surface area contributed by atoms with Crippen LogP contribution in [0.4, 0.5) is 5.69 Å². The molecule has 7 heteroatoms. The quantitative estimate of drug-likeness (QED) is 0.487. The second kappa shape index (κ2) is 7.35. The van der Waals surface area contributed by atoms with Crippen molar-refractivity contribution in [2.24, 2.45) is 5.92 Å². The number of hydrogen-bond acceptors (Lipinski definition) is 5. The van der Waals surface area contributed by atoms with E-state index in [0.29, 0.717) is 16.6 Å². The Labute approximate surface area is 125 Å². The van der Waals surface area contributed by atoms with E-state index >= 15 is 0 Å². The van der Waals surface area contributed by atoms with Crippen LogP contribution in [0.15, 0.2) is 22.7 Å². The second-order valence-corrected chi connectivity index (χ2v) is 5.43. The predicted molar refractivity (Wildman–Crippen MR) is 78.3 cm³/mol. The summed E-state index contributed by atoms with van der Waals surface area (Å²) in [4.78, 5) is 22.0. The number of ether oxygens (including phenoxy) is 1. The average molecular weight is 345 g/mol. The van der Waals surface area contributed by atoms with Crippen molar-refractivity contribution in [1.82, 2.24) is 5.32 Å². The maximum atomic E-state index is 11.6. The SMILES string of the molecule is COC(=O)C(NCc1cccc([N+](=O)[O-])c1Br)C(C)C. The highest BCUT2D eigenvalue weighted by Crippen LogP contribution is 2.28. The Morgan fingerprint density at radius 3 is 2.65 bits per heavy atom. The van der Waals surface area contributed by atoms with E-state index in [1.165, 1.54) is 13.2 Å². The van der Waals surface area contributed by atoms with E-state index in [1.807, 2.05) is 13.8 Å². The number of methoxy groups -OCH3 is 1. The zero-order valence-electron chi connectivity index (χ0n) is 11.6. The molecule has 0 saturated carbocycles. The van der Waals surface area contributed by atoms with Crippen LogP contribution < -0.4 is 5.32 Å². The molecule has 1 atom stereocenters. The fourth-order valence-electron chi connectivity index (χ4n) is 1.78. The lowest BCUT2D eigenvalue weighted by molar-refractivity contribution is -0.385. The first kappa shape index (κ1) is 16.6. The molecule has 0 aromatic heterocycles. The maximum absolute atomic E-state index is 11.6. The molecule has 1 aromatic rings. The van der Waals surface area contributed by atoms with Crippen molar-refractivity contribution in [3.8, 4) is 0 Å². The third kappa shape index (κ3) is 4.01. The van der Waals surface area contributed by atoms with Crippen LogP contribution in [0.5, 0.6) is 0 Å². The van der Waals surface area contributed by atoms with Crippen LogP contribution in [-0.2, 0) is 16.1 Å². The van der Waals surface area contributed by atoms with Gasteiger partial charge in [-0.15, -0.1) is 0 Å². The lowest BCUT2D eigenvalue weighted by Crippen LogP contribution is -2.41. The van der Waals surface area contributed by atoms with Crippen molar-refractivity contribution in [3.63, 3.8) is 0 Å². The first-order valence-electron chi connectivity index (χ1n) is 6.11. The van der Waals surface area contributed by atoms with E-state index in [9.17, 15) is 14.9 Å². The Morgan fingerprint density at radius 1 is 1.50 bits per heavy atom. The van der Waals surface area contributed by atoms with Gasteiger partial charge < -0.3 is 10.1 Å². The Balaban J connectivity index is 2.86. The second-order valence-electron chi connectivity index (χ2n) is 4.63. The van der Waals surface area contributed by atoms with E-state index in [-0.39, 0.29) is 17.6 Å². The number of nitro benzene ring substituents is 1. The standard InChI is InChI=1S/C13H17BrN2O4/c1-8(2)12(13(17)20-3)15-7-9-5-4-6-10(11(9)14)16(18)19/h4-6,8,12,15H,7H2,1-3H3. The molecule has 110 valence electrons. The number of carbonyl (C=O) groups is 1. The van der Waals surface area contributed by atoms with Crippen molar-refractivity contribution >= 4 is 27.6 Å². The van der Waals surface area contributed by atoms with Crippen LogP contribution in [-0.4, -0.2) is 24.0 Å². The van der Waals surface area contributed by atoms with E-state index in [1.54, 1.807) is 12.1 Å². The van der Waals surface area contributed by atoms with Gasteiger partial charge in [-0.25, -0.2) is 0 Å². The topological polar surface area (TPSA) is 81.5 Å². The zero-order chi connectivity index (χ0) is 15.3. The minimum Gasteiger partial charge on any atom is -0.468 e. The number of rotatable bonds is 6. The lowest BCUT2D eigenvalue weighted by Gasteiger charge is -2.20. The molecule has 0 fully saturated rings. The van der Waals surface area contributed by atoms with Crippen LogP contribution in [0.1, 0.15) is 19.4 Å². The molecule has 20 heavy (non-hydrogen) atoms. The van der Waals surface area contributed by atoms with Gasteiger partial charge in [0, 0.05) is 12.6 Å². The van der Waals surface area contributed by atoms with Crippen LogP contribution in [0.2, 0.25) is 0 Å². The molecule has 0 amide bonds. The Morgan fingerprint density at radius 2 is 2.15 bits per heavy atom. The van der Waals surface area contributed by atoms with Crippen LogP contribution in [0.3, 0.4) is 0 Å². The molecule has 0 spiro atoms. The Kier molecular flexibility index (Phi) is 6.09. The zero-order valence-corrected chi connectivity index (χ0v) is 13.1. The number of nitrogens with one attached hydrogen (secondary N) is 1. The van der Waals surface area contributed by atoms with Gasteiger partial charge in [0.05, 0.1) is 16.5 Å². The van der Waals surface area contributed by atoms with Crippen molar-refractivity contribution in [3.05, 3.63) is 38.3 Å². The van der Waals surface area contributed by atoms with Gasteiger partial charge in [-0.05, 0) is 27.4 Å². The monoisotopic (exact) mass is 344 g/mol. The summed E-state index contributed by atoms with van der Waals surface area (Å²) < 4.78 is 5.15. The smallest absolute Gasteiger partial charge is 0.323 e. The van der Waals surface area contributed by atoms with Gasteiger partial charge in [-0.3, -0.25) is 14.9 Å². The summed E-state index contributed by atoms with van der Waals surface area (Å²) >= 11 is 3.23. The molecule has 1 unspecified atom stereocenters. The number of esters is 1. The highest BCUT2D eigenvalue weighted by Gasteiger charge is 2.23. The molecular formula is C13H17BrN2O4. The third-order valence-corrected chi connectivity index (χ3v) is 3.80. The van der Waals surface area contributed by atoms with Crippen LogP contribution in [0, 0.1) is 16.0 Å². The molecule has 6 nitrogen and oxygen atoms in total. The number of benzene rings is 1. The summed E-state index contributed by atoms with van der Waals surface area (Å²) in [5, 5.41) is 13.9. The average Bonchev–Trinajstić information content (AvgIpc) is 2.39. The largest absolute Gasteiger partial charge is 0.468 e. The third-order valence-electron chi connectivity index (χ3n) is 2.89. The maximum Gasteiger partial charge on any atom is 0.323 e. The molecule has 1 rings (SSSR count). The number of hydrogen-bond donors (Lipinski definition) is 1. The van der Waals surface area contributed by atoms with Crippen LogP contribution >= 0.6 is 15.9 Å². The van der Waals surface area contributed by atoms with Crippen molar-refractivity contribution < 1.29 is 14.5 Å². The molecule has 0 aliphatic rings. The van der Waals surface area contributed by atoms with Gasteiger partial charge >= 0.3 is 5.97 Å². The van der Waals surface area contributed by atoms with Gasteiger partial charge in [-0.1, -0.05) is 26.0 Å². The van der Waals surface area contributed by atoms with E-state index in [4.69, 9.17) is 4.74 Å². The summed E-state index contributed by atoms with van der Waals surface area (Å²) in [5.41, 5.74) is 0.720. The fraction of sp³-hybridized carbons (Fsp3) is 0.462. The van der Waals surface area contributed by atoms with Gasteiger partial charge in [0.25, 0.3) is 5.69 Å². The molecule has 0 saturated heterocycles. The predicted octanol–water partition coefficient (Wildman–Crippen LogP) is 2.64. The first-order chi connectivity index (χ1) is 9.38. The van der Waals surface area contributed by atoms with E-state index < -0.39 is 11.0 Å². The molecule has 1 aromatic carbocycles. The van der Waals surface area contributed by atoms with Gasteiger partial charge in [0.1, 0.15) is 6.04 Å². The molecule has 0 bridgehead atoms. The van der Waals surface area contributed by atoms with Crippen molar-refractivity contribution in [1.29, 1.82) is 0 Å². The molecule has 0 radical (unpaired) electrons. The molecule has 1 N–H and O–H groups in total. The van der Waals surface area contributed by atoms with Crippen LogP contribution in [0.25, 0.3) is 0 Å². The molecule has 0 aliphatic carbocycles. The fourth-order valence-corrected chi connectivity index (χ4v) is 2.33. The number of nitro groups is 1. The minimum absolute atomic E-state index is 0.00321. The van der Waals surface area contributed by atoms with Gasteiger partial charge in [-0.2, -0.15) is 0 Å². The minimum atomic E-state index is -0.453. The van der Waals surface area contributed by atoms with Gasteiger partial charge in [0.15, 0.2) is 0 Å². The molecule has 0 aliphatic heterocycles. The Hall–Kier alpha value is -1.47. The summed E-state index contributed by atoms with van der Waals surface area (Å²) in [7, 11) is 1.34. The lowest BCUT2D eigenvalue weighted by atomic mass is 10.0. The van der Waals surface area contributed by atoms with Crippen molar-refractivity contribution in [2.45, 2.75) is 26.4 Å². The summed E-state index contributed by atoms with van der Waals surface area (Å²) in [5.74, 6) is -0.290. The van der Waals surface area contributed by atoms with E-state index in [2.05, 4.69) is 21.2 Å². The number of carbonyl (C=O) groups excluding carboxylic acids is 1.